The third-order valence-corrected chi connectivity index (χ3v) is 4.98. The van der Waals surface area contributed by atoms with Crippen molar-refractivity contribution in [3.8, 4) is 5.75 Å². The normalized spacial score (nSPS) is 15.1. The Hall–Kier alpha value is -2.09. The Balaban J connectivity index is 1.55. The number of hydrogen-bond donors (Lipinski definition) is 1. The van der Waals surface area contributed by atoms with E-state index >= 15 is 0 Å². The molecule has 0 radical (unpaired) electrons. The molecule has 0 saturated heterocycles. The van der Waals surface area contributed by atoms with Crippen LogP contribution in [-0.2, 0) is 20.7 Å². The van der Waals surface area contributed by atoms with Crippen LogP contribution < -0.4 is 10.1 Å². The molecule has 1 aliphatic carbocycles. The van der Waals surface area contributed by atoms with E-state index in [2.05, 4.69) is 10.1 Å². The summed E-state index contributed by atoms with van der Waals surface area (Å²) in [4.78, 5) is 21.7. The molecule has 0 bridgehead atoms. The number of carbonyl (C=O) groups excluding carboxylic acids is 2. The van der Waals surface area contributed by atoms with Gasteiger partial charge in [0.1, 0.15) is 5.75 Å². The maximum atomic E-state index is 12.0. The van der Waals surface area contributed by atoms with Gasteiger partial charge in [-0.2, -0.15) is 13.2 Å². The van der Waals surface area contributed by atoms with E-state index in [0.29, 0.717) is 13.0 Å². The summed E-state index contributed by atoms with van der Waals surface area (Å²) < 4.78 is 45.4. The van der Waals surface area contributed by atoms with Crippen LogP contribution in [0.5, 0.6) is 5.75 Å². The topological polar surface area (TPSA) is 64.6 Å². The molecule has 0 aliphatic heterocycles. The van der Waals surface area contributed by atoms with Gasteiger partial charge in [-0.05, 0) is 43.0 Å². The van der Waals surface area contributed by atoms with Crippen LogP contribution in [0.2, 0.25) is 0 Å². The fourth-order valence-corrected chi connectivity index (χ4v) is 3.33. The van der Waals surface area contributed by atoms with Gasteiger partial charge in [-0.25, -0.2) is 4.79 Å². The van der Waals surface area contributed by atoms with Gasteiger partial charge in [0.15, 0.2) is 0 Å². The van der Waals surface area contributed by atoms with E-state index in [1.165, 1.54) is 32.1 Å². The summed E-state index contributed by atoms with van der Waals surface area (Å²) in [7, 11) is 0. The molecule has 5 nitrogen and oxygen atoms in total. The number of halogens is 3. The van der Waals surface area contributed by atoms with E-state index in [-0.39, 0.29) is 13.0 Å². The molecule has 0 atom stereocenters. The van der Waals surface area contributed by atoms with Crippen molar-refractivity contribution in [2.24, 2.45) is 5.92 Å². The molecule has 1 aromatic carbocycles. The number of carbonyl (C=O) groups is 2. The molecule has 1 aliphatic rings. The zero-order valence-electron chi connectivity index (χ0n) is 16.4. The fourth-order valence-electron chi connectivity index (χ4n) is 3.33. The van der Waals surface area contributed by atoms with Gasteiger partial charge in [0.2, 0.25) is 0 Å². The van der Waals surface area contributed by atoms with Crippen molar-refractivity contribution in [1.82, 2.24) is 5.32 Å². The third kappa shape index (κ3) is 9.30. The van der Waals surface area contributed by atoms with E-state index in [0.717, 1.165) is 30.3 Å². The maximum absolute atomic E-state index is 12.0. The van der Waals surface area contributed by atoms with Crippen LogP contribution in [-0.4, -0.2) is 37.8 Å². The summed E-state index contributed by atoms with van der Waals surface area (Å²) >= 11 is 0. The standard InChI is InChI=1S/C21H28F3NO4/c22-21(23,24)20(27)29-19(26)11-14-25-13-10-17-6-8-18(9-7-17)28-15-12-16-4-2-1-3-5-16/h6-9,16,25H,1-5,10-15H2. The van der Waals surface area contributed by atoms with Crippen LogP contribution in [0, 0.1) is 5.92 Å². The minimum absolute atomic E-state index is 0.131. The van der Waals surface area contributed by atoms with Gasteiger partial charge in [0, 0.05) is 6.54 Å². The number of benzene rings is 1. The third-order valence-electron chi connectivity index (χ3n) is 4.98. The second-order valence-corrected chi connectivity index (χ2v) is 7.29. The highest BCUT2D eigenvalue weighted by Gasteiger charge is 2.42. The number of esters is 2. The van der Waals surface area contributed by atoms with Crippen molar-refractivity contribution < 1.29 is 32.2 Å². The molecule has 0 amide bonds. The van der Waals surface area contributed by atoms with Gasteiger partial charge in [-0.1, -0.05) is 44.2 Å². The molecule has 8 heteroatoms. The van der Waals surface area contributed by atoms with Crippen LogP contribution in [0.4, 0.5) is 13.2 Å². The minimum atomic E-state index is -5.16. The average Bonchev–Trinajstić information content (AvgIpc) is 2.69. The molecule has 29 heavy (non-hydrogen) atoms. The first-order valence-corrected chi connectivity index (χ1v) is 10.1. The Labute approximate surface area is 168 Å². The first-order chi connectivity index (χ1) is 13.8. The lowest BCUT2D eigenvalue weighted by Crippen LogP contribution is -2.29. The largest absolute Gasteiger partial charge is 0.494 e. The maximum Gasteiger partial charge on any atom is 0.491 e. The zero-order valence-corrected chi connectivity index (χ0v) is 16.4. The van der Waals surface area contributed by atoms with Crippen molar-refractivity contribution in [1.29, 1.82) is 0 Å². The van der Waals surface area contributed by atoms with Crippen LogP contribution in [0.15, 0.2) is 24.3 Å². The van der Waals surface area contributed by atoms with Crippen LogP contribution in [0.1, 0.15) is 50.5 Å². The van der Waals surface area contributed by atoms with E-state index in [1.54, 1.807) is 0 Å². The molecule has 0 heterocycles. The van der Waals surface area contributed by atoms with Crippen molar-refractivity contribution >= 4 is 11.9 Å². The van der Waals surface area contributed by atoms with Crippen molar-refractivity contribution in [2.75, 3.05) is 19.7 Å². The number of ether oxygens (including phenoxy) is 2. The van der Waals surface area contributed by atoms with Crippen molar-refractivity contribution in [3.05, 3.63) is 29.8 Å². The van der Waals surface area contributed by atoms with Gasteiger partial charge < -0.3 is 14.8 Å². The summed E-state index contributed by atoms with van der Waals surface area (Å²) in [5, 5.41) is 2.94. The Kier molecular flexibility index (Phi) is 9.44. The van der Waals surface area contributed by atoms with Gasteiger partial charge in [-0.3, -0.25) is 4.79 Å². The number of hydrogen-bond acceptors (Lipinski definition) is 5. The summed E-state index contributed by atoms with van der Waals surface area (Å²) in [6.45, 7) is 1.41. The summed E-state index contributed by atoms with van der Waals surface area (Å²) in [5.41, 5.74) is 1.08. The SMILES string of the molecule is O=C(CCNCCc1ccc(OCCC2CCCCC2)cc1)OC(=O)C(F)(F)F. The number of alkyl halides is 3. The van der Waals surface area contributed by atoms with Gasteiger partial charge >= 0.3 is 18.1 Å². The Morgan fingerprint density at radius 2 is 1.72 bits per heavy atom. The van der Waals surface area contributed by atoms with Crippen molar-refractivity contribution in [2.45, 2.75) is 57.5 Å². The second-order valence-electron chi connectivity index (χ2n) is 7.29. The van der Waals surface area contributed by atoms with Gasteiger partial charge in [-0.15, -0.1) is 0 Å². The highest BCUT2D eigenvalue weighted by molar-refractivity contribution is 5.88. The number of nitrogens with one attached hydrogen (secondary N) is 1. The predicted molar refractivity (Wildman–Crippen MR) is 101 cm³/mol. The van der Waals surface area contributed by atoms with Crippen LogP contribution >= 0.6 is 0 Å². The van der Waals surface area contributed by atoms with E-state index < -0.39 is 18.1 Å². The second kappa shape index (κ2) is 11.8. The first-order valence-electron chi connectivity index (χ1n) is 10.1. The molecule has 1 fully saturated rings. The monoisotopic (exact) mass is 415 g/mol. The molecular weight excluding hydrogens is 387 g/mol. The molecule has 1 aromatic rings. The zero-order chi connectivity index (χ0) is 21.1. The predicted octanol–water partition coefficient (Wildman–Crippen LogP) is 4.19. The Bertz CT molecular complexity index is 640. The average molecular weight is 415 g/mol. The van der Waals surface area contributed by atoms with Crippen LogP contribution in [0.3, 0.4) is 0 Å². The molecular formula is C21H28F3NO4. The summed E-state index contributed by atoms with van der Waals surface area (Å²) in [5.74, 6) is -2.05. The van der Waals surface area contributed by atoms with E-state index in [9.17, 15) is 22.8 Å². The Morgan fingerprint density at radius 3 is 2.38 bits per heavy atom. The quantitative estimate of drug-likeness (QED) is 0.353. The summed E-state index contributed by atoms with van der Waals surface area (Å²) in [6, 6.07) is 7.79. The van der Waals surface area contributed by atoms with E-state index in [4.69, 9.17) is 4.74 Å². The Morgan fingerprint density at radius 1 is 1.03 bits per heavy atom. The first kappa shape index (κ1) is 23.2. The molecule has 1 saturated carbocycles. The lowest BCUT2D eigenvalue weighted by Gasteiger charge is -2.21. The molecule has 0 aromatic heterocycles. The minimum Gasteiger partial charge on any atom is -0.494 e. The molecule has 2 rings (SSSR count). The van der Waals surface area contributed by atoms with Gasteiger partial charge in [0.05, 0.1) is 13.0 Å². The van der Waals surface area contributed by atoms with Gasteiger partial charge in [0.25, 0.3) is 0 Å². The lowest BCUT2D eigenvalue weighted by molar-refractivity contribution is -0.201. The fraction of sp³-hybridized carbons (Fsp3) is 0.619. The highest BCUT2D eigenvalue weighted by Crippen LogP contribution is 2.26. The van der Waals surface area contributed by atoms with Crippen molar-refractivity contribution in [3.63, 3.8) is 0 Å². The van der Waals surface area contributed by atoms with E-state index in [1.807, 2.05) is 24.3 Å². The van der Waals surface area contributed by atoms with Crippen LogP contribution in [0.25, 0.3) is 0 Å². The molecule has 0 unspecified atom stereocenters. The molecule has 0 spiro atoms. The highest BCUT2D eigenvalue weighted by atomic mass is 19.4. The summed E-state index contributed by atoms with van der Waals surface area (Å²) in [6.07, 6.45) is 2.97. The molecule has 162 valence electrons. The molecule has 1 N–H and O–H groups in total. The lowest BCUT2D eigenvalue weighted by atomic mass is 9.87. The smallest absolute Gasteiger partial charge is 0.491 e. The number of rotatable bonds is 10.